The average Bonchev–Trinajstić information content (AvgIpc) is 2.16. The number of hydrogen-bond donors (Lipinski definition) is 0. The fraction of sp³-hybridized carbons (Fsp3) is 0.222. The SMILES string of the molecule is [2H]Cc1cc(C=O)ccc1OC. The second kappa shape index (κ2) is 3.19. The minimum absolute atomic E-state index is 0.130. The standard InChI is InChI=1S/C9H10O2/c1-7-5-8(6-10)3-4-9(7)11-2/h3-6H,1-2H3/i1D. The number of ether oxygens (including phenoxy) is 1. The molecule has 2 nitrogen and oxygen atoms in total. The van der Waals surface area contributed by atoms with E-state index in [0.717, 1.165) is 11.8 Å². The molecule has 1 aromatic carbocycles. The number of methoxy groups -OCH3 is 1. The maximum absolute atomic E-state index is 10.4. The van der Waals surface area contributed by atoms with Gasteiger partial charge in [-0.2, -0.15) is 0 Å². The van der Waals surface area contributed by atoms with Crippen LogP contribution in [0.3, 0.4) is 0 Å². The van der Waals surface area contributed by atoms with E-state index in [1.54, 1.807) is 25.3 Å². The molecular formula is C9H10O2. The second-order valence-corrected chi connectivity index (χ2v) is 2.19. The third-order valence-corrected chi connectivity index (χ3v) is 1.44. The Bertz CT molecular complexity index is 284. The first-order valence-corrected chi connectivity index (χ1v) is 3.23. The Balaban J connectivity index is 3.10. The zero-order valence-corrected chi connectivity index (χ0v) is 6.33. The molecule has 0 radical (unpaired) electrons. The molecule has 1 rings (SSSR count). The van der Waals surface area contributed by atoms with Gasteiger partial charge in [-0.15, -0.1) is 0 Å². The second-order valence-electron chi connectivity index (χ2n) is 2.19. The van der Waals surface area contributed by atoms with Crippen LogP contribution in [0.25, 0.3) is 0 Å². The molecule has 1 aromatic rings. The van der Waals surface area contributed by atoms with Crippen LogP contribution in [0, 0.1) is 6.90 Å². The highest BCUT2D eigenvalue weighted by atomic mass is 16.5. The summed E-state index contributed by atoms with van der Waals surface area (Å²) in [7, 11) is 1.55. The summed E-state index contributed by atoms with van der Waals surface area (Å²) in [4.78, 5) is 10.4. The lowest BCUT2D eigenvalue weighted by molar-refractivity contribution is 0.112. The number of carbonyl (C=O) groups excluding carboxylic acids is 1. The summed E-state index contributed by atoms with van der Waals surface area (Å²) >= 11 is 0. The maximum atomic E-state index is 10.4. The lowest BCUT2D eigenvalue weighted by Gasteiger charge is -2.03. The number of aldehydes is 1. The van der Waals surface area contributed by atoms with Crippen LogP contribution < -0.4 is 4.74 Å². The molecule has 0 N–H and O–H groups in total. The molecule has 0 aliphatic carbocycles. The van der Waals surface area contributed by atoms with Crippen molar-refractivity contribution < 1.29 is 10.9 Å². The van der Waals surface area contributed by atoms with Crippen molar-refractivity contribution in [1.29, 1.82) is 0 Å². The fourth-order valence-corrected chi connectivity index (χ4v) is 0.872. The van der Waals surface area contributed by atoms with E-state index < -0.39 is 0 Å². The minimum atomic E-state index is 0.130. The summed E-state index contributed by atoms with van der Waals surface area (Å²) in [6, 6.07) is 5.04. The highest BCUT2D eigenvalue weighted by Crippen LogP contribution is 2.17. The van der Waals surface area contributed by atoms with Crippen LogP contribution >= 0.6 is 0 Å². The number of benzene rings is 1. The molecule has 0 saturated carbocycles. The highest BCUT2D eigenvalue weighted by Gasteiger charge is 1.97. The Labute approximate surface area is 67.2 Å². The molecule has 0 fully saturated rings. The Hall–Kier alpha value is -1.31. The molecule has 0 atom stereocenters. The first-order valence-electron chi connectivity index (χ1n) is 3.94. The van der Waals surface area contributed by atoms with Crippen LogP contribution in [0.4, 0.5) is 0 Å². The van der Waals surface area contributed by atoms with E-state index in [2.05, 4.69) is 0 Å². The van der Waals surface area contributed by atoms with Gasteiger partial charge in [-0.3, -0.25) is 4.79 Å². The maximum Gasteiger partial charge on any atom is 0.150 e. The van der Waals surface area contributed by atoms with Crippen molar-refractivity contribution in [2.45, 2.75) is 6.90 Å². The van der Waals surface area contributed by atoms with Crippen molar-refractivity contribution in [2.75, 3.05) is 7.11 Å². The van der Waals surface area contributed by atoms with E-state index in [1.165, 1.54) is 0 Å². The highest BCUT2D eigenvalue weighted by molar-refractivity contribution is 5.75. The molecule has 0 aromatic heterocycles. The molecule has 11 heavy (non-hydrogen) atoms. The molecular weight excluding hydrogens is 140 g/mol. The summed E-state index contributed by atoms with van der Waals surface area (Å²) in [5.41, 5.74) is 1.32. The van der Waals surface area contributed by atoms with Gasteiger partial charge in [0.25, 0.3) is 0 Å². The Morgan fingerprint density at radius 3 is 3.00 bits per heavy atom. The molecule has 0 amide bonds. The summed E-state index contributed by atoms with van der Waals surface area (Å²) in [6.07, 6.45) is 0.762. The van der Waals surface area contributed by atoms with Gasteiger partial charge in [-0.1, -0.05) is 0 Å². The molecule has 0 unspecified atom stereocenters. The van der Waals surface area contributed by atoms with Crippen molar-refractivity contribution in [3.05, 3.63) is 29.3 Å². The molecule has 2 heteroatoms. The quantitative estimate of drug-likeness (QED) is 0.602. The molecule has 0 heterocycles. The molecule has 0 spiro atoms. The fourth-order valence-electron chi connectivity index (χ4n) is 0.872. The minimum Gasteiger partial charge on any atom is -0.496 e. The van der Waals surface area contributed by atoms with Gasteiger partial charge in [0.05, 0.1) is 7.11 Å². The number of rotatable bonds is 2. The summed E-state index contributed by atoms with van der Waals surface area (Å²) < 4.78 is 12.2. The van der Waals surface area contributed by atoms with Gasteiger partial charge < -0.3 is 4.74 Å². The normalized spacial score (nSPS) is 10.5. The smallest absolute Gasteiger partial charge is 0.150 e. The first-order chi connectivity index (χ1) is 5.81. The zero-order valence-electron chi connectivity index (χ0n) is 7.33. The van der Waals surface area contributed by atoms with Gasteiger partial charge in [0.15, 0.2) is 0 Å². The van der Waals surface area contributed by atoms with E-state index in [-0.39, 0.29) is 6.90 Å². The van der Waals surface area contributed by atoms with Crippen LogP contribution in [0.2, 0.25) is 0 Å². The number of carbonyl (C=O) groups is 1. The Morgan fingerprint density at radius 2 is 2.45 bits per heavy atom. The summed E-state index contributed by atoms with van der Waals surface area (Å²) in [6.45, 7) is 0.130. The van der Waals surface area contributed by atoms with Gasteiger partial charge in [0, 0.05) is 6.93 Å². The zero-order chi connectivity index (χ0) is 8.97. The number of hydrogen-bond acceptors (Lipinski definition) is 2. The predicted octanol–water partition coefficient (Wildman–Crippen LogP) is 1.82. The predicted molar refractivity (Wildman–Crippen MR) is 43.1 cm³/mol. The van der Waals surface area contributed by atoms with Crippen LogP contribution in [0.5, 0.6) is 5.75 Å². The third-order valence-electron chi connectivity index (χ3n) is 1.44. The van der Waals surface area contributed by atoms with E-state index in [9.17, 15) is 4.79 Å². The molecule has 0 bridgehead atoms. The topological polar surface area (TPSA) is 26.3 Å². The van der Waals surface area contributed by atoms with E-state index in [4.69, 9.17) is 6.11 Å². The molecule has 0 aliphatic rings. The van der Waals surface area contributed by atoms with Crippen molar-refractivity contribution >= 4 is 6.29 Å². The summed E-state index contributed by atoms with van der Waals surface area (Å²) in [5, 5.41) is 0. The van der Waals surface area contributed by atoms with Crippen molar-refractivity contribution in [1.82, 2.24) is 0 Å². The Kier molecular flexibility index (Phi) is 1.86. The molecule has 58 valence electrons. The largest absolute Gasteiger partial charge is 0.496 e. The van der Waals surface area contributed by atoms with Gasteiger partial charge in [-0.25, -0.2) is 0 Å². The lowest BCUT2D eigenvalue weighted by Crippen LogP contribution is -1.88. The van der Waals surface area contributed by atoms with Gasteiger partial charge in [0.1, 0.15) is 12.0 Å². The van der Waals surface area contributed by atoms with Crippen LogP contribution in [0.15, 0.2) is 18.2 Å². The lowest BCUT2D eigenvalue weighted by atomic mass is 10.1. The van der Waals surface area contributed by atoms with E-state index in [1.807, 2.05) is 0 Å². The van der Waals surface area contributed by atoms with Crippen LogP contribution in [-0.4, -0.2) is 13.4 Å². The van der Waals surface area contributed by atoms with Crippen molar-refractivity contribution in [3.63, 3.8) is 0 Å². The van der Waals surface area contributed by atoms with Crippen molar-refractivity contribution in [3.8, 4) is 5.75 Å². The Morgan fingerprint density at radius 1 is 1.64 bits per heavy atom. The van der Waals surface area contributed by atoms with Crippen LogP contribution in [-0.2, 0) is 0 Å². The van der Waals surface area contributed by atoms with Gasteiger partial charge in [0.2, 0.25) is 0 Å². The first kappa shape index (κ1) is 6.40. The van der Waals surface area contributed by atoms with Gasteiger partial charge >= 0.3 is 0 Å². The average molecular weight is 151 g/mol. The monoisotopic (exact) mass is 151 g/mol. The summed E-state index contributed by atoms with van der Waals surface area (Å²) in [5.74, 6) is 0.663. The molecule has 0 aliphatic heterocycles. The number of aryl methyl sites for hydroxylation is 1. The van der Waals surface area contributed by atoms with E-state index >= 15 is 0 Å². The van der Waals surface area contributed by atoms with Gasteiger partial charge in [-0.05, 0) is 30.7 Å². The van der Waals surface area contributed by atoms with Crippen LogP contribution in [0.1, 0.15) is 17.3 Å². The van der Waals surface area contributed by atoms with Crippen molar-refractivity contribution in [2.24, 2.45) is 0 Å². The molecule has 0 saturated heterocycles. The third kappa shape index (κ3) is 1.58. The van der Waals surface area contributed by atoms with E-state index in [0.29, 0.717) is 11.3 Å².